The van der Waals surface area contributed by atoms with Crippen LogP contribution in [0.5, 0.6) is 23.0 Å². The minimum Gasteiger partial charge on any atom is -0.493 e. The van der Waals surface area contributed by atoms with Gasteiger partial charge in [0, 0.05) is 29.9 Å². The highest BCUT2D eigenvalue weighted by Gasteiger charge is 2.46. The molecule has 0 saturated carbocycles. The summed E-state index contributed by atoms with van der Waals surface area (Å²) in [7, 11) is 5.61. The zero-order valence-electron chi connectivity index (χ0n) is 18.7. The van der Waals surface area contributed by atoms with E-state index >= 15 is 0 Å². The first-order valence-electron chi connectivity index (χ1n) is 10.7. The van der Waals surface area contributed by atoms with E-state index in [-0.39, 0.29) is 6.79 Å². The summed E-state index contributed by atoms with van der Waals surface area (Å²) in [5.74, 6) is 2.73. The first-order valence-corrected chi connectivity index (χ1v) is 11.9. The van der Waals surface area contributed by atoms with E-state index in [2.05, 4.69) is 21.9 Å². The molecule has 1 atom stereocenters. The van der Waals surface area contributed by atoms with Crippen molar-refractivity contribution in [3.63, 3.8) is 0 Å². The van der Waals surface area contributed by atoms with Crippen LogP contribution in [-0.2, 0) is 6.42 Å². The third-order valence-electron chi connectivity index (χ3n) is 6.19. The molecular formula is C24H25Cl3N2O4. The van der Waals surface area contributed by atoms with E-state index in [1.807, 2.05) is 32.3 Å². The smallest absolute Gasteiger partial charge is 0.231 e. The second-order valence-electron chi connectivity index (χ2n) is 8.53. The minimum absolute atomic E-state index is 0.230. The Labute approximate surface area is 208 Å². The maximum atomic E-state index is 6.65. The number of methoxy groups -OCH3 is 1. The van der Waals surface area contributed by atoms with Crippen LogP contribution in [0.2, 0.25) is 0 Å². The van der Waals surface area contributed by atoms with Gasteiger partial charge in [-0.25, -0.2) is 0 Å². The van der Waals surface area contributed by atoms with Crippen LogP contribution in [0.4, 0.5) is 0 Å². The third kappa shape index (κ3) is 4.08. The average molecular weight is 512 g/mol. The summed E-state index contributed by atoms with van der Waals surface area (Å²) in [4.78, 5) is 4.20. The molecule has 0 bridgehead atoms. The van der Waals surface area contributed by atoms with Gasteiger partial charge in [0.25, 0.3) is 0 Å². The third-order valence-corrected chi connectivity index (χ3v) is 6.81. The second-order valence-corrected chi connectivity index (χ2v) is 10.9. The van der Waals surface area contributed by atoms with Crippen LogP contribution in [0.25, 0.3) is 11.8 Å². The number of rotatable bonds is 5. The van der Waals surface area contributed by atoms with Crippen molar-refractivity contribution < 1.29 is 18.9 Å². The van der Waals surface area contributed by atoms with Gasteiger partial charge >= 0.3 is 0 Å². The number of benzene rings is 2. The Morgan fingerprint density at radius 1 is 1.15 bits per heavy atom. The van der Waals surface area contributed by atoms with Crippen molar-refractivity contribution in [1.82, 2.24) is 9.80 Å². The first-order chi connectivity index (χ1) is 15.8. The molecule has 2 aromatic rings. The lowest BCUT2D eigenvalue weighted by Gasteiger charge is -2.46. The summed E-state index contributed by atoms with van der Waals surface area (Å²) >= 11 is 19.9. The fraction of sp³-hybridized carbons (Fsp3) is 0.417. The van der Waals surface area contributed by atoms with Crippen molar-refractivity contribution in [3.05, 3.63) is 46.5 Å². The number of fused-ring (bicyclic) bond motifs is 5. The van der Waals surface area contributed by atoms with Crippen LogP contribution in [0.15, 0.2) is 24.3 Å². The van der Waals surface area contributed by atoms with E-state index in [1.165, 1.54) is 5.56 Å². The monoisotopic (exact) mass is 510 g/mol. The van der Waals surface area contributed by atoms with Crippen LogP contribution >= 0.6 is 34.8 Å². The van der Waals surface area contributed by atoms with Crippen LogP contribution < -0.4 is 18.9 Å². The Balaban J connectivity index is 1.67. The molecule has 2 aromatic carbocycles. The van der Waals surface area contributed by atoms with Crippen molar-refractivity contribution in [2.45, 2.75) is 16.3 Å². The molecule has 0 aliphatic carbocycles. The number of hydrogen-bond donors (Lipinski definition) is 0. The molecule has 0 amide bonds. The van der Waals surface area contributed by atoms with Crippen molar-refractivity contribution >= 4 is 46.6 Å². The van der Waals surface area contributed by atoms with Crippen molar-refractivity contribution in [1.29, 1.82) is 0 Å². The van der Waals surface area contributed by atoms with Gasteiger partial charge in [0.15, 0.2) is 23.0 Å². The summed E-state index contributed by atoms with van der Waals surface area (Å²) in [6, 6.07) is 7.41. The quantitative estimate of drug-likeness (QED) is 0.518. The van der Waals surface area contributed by atoms with Crippen molar-refractivity contribution in [3.8, 4) is 23.0 Å². The lowest BCUT2D eigenvalue weighted by atomic mass is 9.86. The number of ether oxygens (including phenoxy) is 4. The molecule has 3 heterocycles. The molecule has 9 heteroatoms. The summed E-state index contributed by atoms with van der Waals surface area (Å²) in [6.07, 6.45) is 2.91. The summed E-state index contributed by atoms with van der Waals surface area (Å²) < 4.78 is 21.5. The summed E-state index contributed by atoms with van der Waals surface area (Å²) in [5.41, 5.74) is 4.98. The molecule has 0 spiro atoms. The topological polar surface area (TPSA) is 43.4 Å². The average Bonchev–Trinajstić information content (AvgIpc) is 3.22. The molecule has 5 rings (SSSR count). The molecule has 33 heavy (non-hydrogen) atoms. The van der Waals surface area contributed by atoms with Crippen molar-refractivity contribution in [2.24, 2.45) is 0 Å². The summed E-state index contributed by atoms with van der Waals surface area (Å²) in [5, 5.41) is 0. The van der Waals surface area contributed by atoms with E-state index in [4.69, 9.17) is 53.8 Å². The van der Waals surface area contributed by atoms with E-state index in [0.717, 1.165) is 46.9 Å². The largest absolute Gasteiger partial charge is 0.493 e. The Bertz CT molecular complexity index is 1110. The van der Waals surface area contributed by atoms with Gasteiger partial charge in [0.2, 0.25) is 10.6 Å². The number of halogens is 3. The molecule has 0 N–H and O–H groups in total. The fourth-order valence-corrected chi connectivity index (χ4v) is 5.34. The number of alkyl halides is 3. The highest BCUT2D eigenvalue weighted by atomic mass is 35.6. The second kappa shape index (κ2) is 8.66. The van der Waals surface area contributed by atoms with Gasteiger partial charge in [0.1, 0.15) is 12.6 Å². The molecule has 0 fully saturated rings. The normalized spacial score (nSPS) is 18.5. The standard InChI is InChI=1S/C24H25Cl3N2O4/c1-28(2)8-9-31-22-18(30-3)5-4-15-10-17-16-12-20-19(32-13-33-20)11-14(16)6-7-29(17)23(21(15)22)24(25,26)27/h4-5,10-12,23H,6-9,13H2,1-3H3. The van der Waals surface area contributed by atoms with Crippen LogP contribution in [0.3, 0.4) is 0 Å². The van der Waals surface area contributed by atoms with Gasteiger partial charge in [0.05, 0.1) is 7.11 Å². The maximum absolute atomic E-state index is 6.65. The lowest BCUT2D eigenvalue weighted by Crippen LogP contribution is -2.41. The fourth-order valence-electron chi connectivity index (χ4n) is 4.66. The number of likely N-dealkylation sites (N-methyl/N-ethyl adjacent to an activating group) is 1. The molecule has 1 unspecified atom stereocenters. The zero-order chi connectivity index (χ0) is 23.3. The van der Waals surface area contributed by atoms with Crippen LogP contribution in [-0.4, -0.2) is 61.3 Å². The summed E-state index contributed by atoms with van der Waals surface area (Å²) in [6.45, 7) is 2.14. The zero-order valence-corrected chi connectivity index (χ0v) is 20.9. The predicted molar refractivity (Wildman–Crippen MR) is 131 cm³/mol. The van der Waals surface area contributed by atoms with E-state index < -0.39 is 9.83 Å². The highest BCUT2D eigenvalue weighted by Crippen LogP contribution is 2.56. The highest BCUT2D eigenvalue weighted by molar-refractivity contribution is 6.68. The Hall–Kier alpha value is -1.99. The van der Waals surface area contributed by atoms with E-state index in [1.54, 1.807) is 7.11 Å². The van der Waals surface area contributed by atoms with Gasteiger partial charge in [-0.1, -0.05) is 40.9 Å². The van der Waals surface area contributed by atoms with Gasteiger partial charge in [-0.05, 0) is 55.9 Å². The minimum atomic E-state index is -1.60. The molecule has 6 nitrogen and oxygen atoms in total. The van der Waals surface area contributed by atoms with E-state index in [9.17, 15) is 0 Å². The van der Waals surface area contributed by atoms with Gasteiger partial charge in [-0.3, -0.25) is 0 Å². The lowest BCUT2D eigenvalue weighted by molar-refractivity contribution is 0.174. The van der Waals surface area contributed by atoms with E-state index in [0.29, 0.717) is 24.7 Å². The van der Waals surface area contributed by atoms with Gasteiger partial charge in [-0.15, -0.1) is 0 Å². The van der Waals surface area contributed by atoms with Crippen LogP contribution in [0.1, 0.15) is 28.3 Å². The van der Waals surface area contributed by atoms with Gasteiger partial charge in [-0.2, -0.15) is 0 Å². The predicted octanol–water partition coefficient (Wildman–Crippen LogP) is 5.15. The molecule has 176 valence electrons. The van der Waals surface area contributed by atoms with Crippen molar-refractivity contribution in [2.75, 3.05) is 47.7 Å². The Morgan fingerprint density at radius 2 is 1.91 bits per heavy atom. The molecule has 0 saturated heterocycles. The Kier molecular flexibility index (Phi) is 5.98. The molecule has 0 radical (unpaired) electrons. The van der Waals surface area contributed by atoms with Crippen LogP contribution in [0, 0.1) is 0 Å². The number of hydrogen-bond acceptors (Lipinski definition) is 6. The molecular weight excluding hydrogens is 487 g/mol. The first kappa shape index (κ1) is 22.8. The molecule has 3 aliphatic heterocycles. The van der Waals surface area contributed by atoms with Gasteiger partial charge < -0.3 is 28.7 Å². The Morgan fingerprint density at radius 3 is 2.61 bits per heavy atom. The number of nitrogens with zero attached hydrogens (tertiary/aromatic N) is 2. The molecule has 0 aromatic heterocycles. The SMILES string of the molecule is COc1ccc2c(c1OCCN(C)C)C(C(Cl)(Cl)Cl)N1CCc3cc4c(cc3C1=C2)OCO4. The maximum Gasteiger partial charge on any atom is 0.231 e. The molecule has 3 aliphatic rings.